The van der Waals surface area contributed by atoms with E-state index in [1.807, 2.05) is 37.3 Å². The van der Waals surface area contributed by atoms with Gasteiger partial charge < -0.3 is 15.0 Å². The fourth-order valence-electron chi connectivity index (χ4n) is 1.63. The van der Waals surface area contributed by atoms with E-state index < -0.39 is 6.09 Å². The van der Waals surface area contributed by atoms with E-state index in [4.69, 9.17) is 4.74 Å². The van der Waals surface area contributed by atoms with Crippen molar-refractivity contribution in [3.8, 4) is 11.8 Å². The van der Waals surface area contributed by atoms with Crippen LogP contribution in [-0.4, -0.2) is 22.6 Å². The fraction of sp³-hybridized carbons (Fsp3) is 0.250. The molecule has 0 saturated carbocycles. The zero-order chi connectivity index (χ0) is 14.9. The van der Waals surface area contributed by atoms with Crippen molar-refractivity contribution in [2.24, 2.45) is 0 Å². The van der Waals surface area contributed by atoms with Crippen LogP contribution in [0.25, 0.3) is 0 Å². The predicted molar refractivity (Wildman–Crippen MR) is 79.4 cm³/mol. The normalized spacial score (nSPS) is 9.57. The highest BCUT2D eigenvalue weighted by atomic mass is 16.5. The minimum Gasteiger partial charge on any atom is -0.445 e. The number of ether oxygens (including phenoxy) is 1. The van der Waals surface area contributed by atoms with Gasteiger partial charge in [0.05, 0.1) is 6.33 Å². The van der Waals surface area contributed by atoms with Gasteiger partial charge in [-0.2, -0.15) is 0 Å². The molecule has 1 amide bonds. The average Bonchev–Trinajstić information content (AvgIpc) is 2.91. The van der Waals surface area contributed by atoms with Crippen LogP contribution in [0.2, 0.25) is 0 Å². The molecule has 1 aromatic carbocycles. The molecule has 0 bridgehead atoms. The van der Waals surface area contributed by atoms with E-state index in [1.165, 1.54) is 0 Å². The van der Waals surface area contributed by atoms with Gasteiger partial charge in [-0.05, 0) is 18.4 Å². The van der Waals surface area contributed by atoms with Crippen LogP contribution in [0.5, 0.6) is 0 Å². The Morgan fingerprint density at radius 1 is 1.38 bits per heavy atom. The van der Waals surface area contributed by atoms with Gasteiger partial charge in [0, 0.05) is 18.7 Å². The second-order valence-electron chi connectivity index (χ2n) is 4.42. The Morgan fingerprint density at radius 2 is 2.19 bits per heavy atom. The number of rotatable bonds is 4. The molecule has 0 aliphatic rings. The number of nitrogens with zero attached hydrogens (tertiary/aromatic N) is 1. The van der Waals surface area contributed by atoms with Crippen LogP contribution in [-0.2, 0) is 11.3 Å². The van der Waals surface area contributed by atoms with E-state index in [0.29, 0.717) is 13.0 Å². The second kappa shape index (κ2) is 7.75. The second-order valence-corrected chi connectivity index (χ2v) is 4.42. The molecule has 1 heterocycles. The van der Waals surface area contributed by atoms with Crippen LogP contribution in [0.4, 0.5) is 4.79 Å². The first kappa shape index (κ1) is 14.7. The van der Waals surface area contributed by atoms with Gasteiger partial charge in [-0.3, -0.25) is 0 Å². The smallest absolute Gasteiger partial charge is 0.407 e. The highest BCUT2D eigenvalue weighted by molar-refractivity contribution is 5.67. The van der Waals surface area contributed by atoms with Crippen LogP contribution in [0.15, 0.2) is 36.7 Å². The lowest BCUT2D eigenvalue weighted by atomic mass is 10.2. The Morgan fingerprint density at radius 3 is 2.90 bits per heavy atom. The first-order valence-electron chi connectivity index (χ1n) is 6.69. The summed E-state index contributed by atoms with van der Waals surface area (Å²) < 4.78 is 5.08. The van der Waals surface area contributed by atoms with Crippen molar-refractivity contribution in [3.63, 3.8) is 0 Å². The molecule has 5 heteroatoms. The molecule has 2 rings (SSSR count). The number of hydrogen-bond acceptors (Lipinski definition) is 3. The minimum absolute atomic E-state index is 0.269. The van der Waals surface area contributed by atoms with Gasteiger partial charge in [-0.15, -0.1) is 0 Å². The standard InChI is InChI=1S/C16H17N3O2/c1-13-15(19-12-18-13)9-5-6-10-17-16(20)21-11-14-7-3-2-4-8-14/h2-4,7-8,12H,6,10-11H2,1H3,(H,17,20)(H,18,19). The molecule has 0 unspecified atom stereocenters. The van der Waals surface area contributed by atoms with Crippen LogP contribution in [0.3, 0.4) is 0 Å². The SMILES string of the molecule is Cc1[nH]cnc1C#CCCNC(=O)OCc1ccccc1. The predicted octanol–water partition coefficient (Wildman–Crippen LogP) is 2.39. The summed E-state index contributed by atoms with van der Waals surface area (Å²) in [5, 5.41) is 2.66. The number of benzene rings is 1. The van der Waals surface area contributed by atoms with E-state index in [2.05, 4.69) is 27.1 Å². The zero-order valence-electron chi connectivity index (χ0n) is 11.8. The molecule has 1 aromatic heterocycles. The maximum absolute atomic E-state index is 11.5. The fourth-order valence-corrected chi connectivity index (χ4v) is 1.63. The molecular formula is C16H17N3O2. The van der Waals surface area contributed by atoms with Crippen LogP contribution >= 0.6 is 0 Å². The molecule has 2 N–H and O–H groups in total. The van der Waals surface area contributed by atoms with Crippen LogP contribution < -0.4 is 5.32 Å². The van der Waals surface area contributed by atoms with E-state index in [0.717, 1.165) is 17.0 Å². The molecule has 2 aromatic rings. The number of aromatic amines is 1. The molecule has 5 nitrogen and oxygen atoms in total. The third kappa shape index (κ3) is 5.03. The van der Waals surface area contributed by atoms with Crippen molar-refractivity contribution >= 4 is 6.09 Å². The summed E-state index contributed by atoms with van der Waals surface area (Å²) >= 11 is 0. The summed E-state index contributed by atoms with van der Waals surface area (Å²) in [6.45, 7) is 2.63. The number of aromatic nitrogens is 2. The molecule has 0 radical (unpaired) electrons. The summed E-state index contributed by atoms with van der Waals surface area (Å²) in [5.74, 6) is 5.90. The largest absolute Gasteiger partial charge is 0.445 e. The minimum atomic E-state index is -0.434. The highest BCUT2D eigenvalue weighted by Crippen LogP contribution is 2.00. The first-order chi connectivity index (χ1) is 10.3. The summed E-state index contributed by atoms with van der Waals surface area (Å²) in [4.78, 5) is 18.5. The molecule has 21 heavy (non-hydrogen) atoms. The Hall–Kier alpha value is -2.74. The van der Waals surface area contributed by atoms with E-state index in [9.17, 15) is 4.79 Å². The van der Waals surface area contributed by atoms with Crippen molar-refractivity contribution in [2.45, 2.75) is 20.0 Å². The van der Waals surface area contributed by atoms with Gasteiger partial charge >= 0.3 is 6.09 Å². The molecule has 0 atom stereocenters. The van der Waals surface area contributed by atoms with Gasteiger partial charge in [0.25, 0.3) is 0 Å². The molecular weight excluding hydrogens is 266 g/mol. The molecule has 0 spiro atoms. The maximum atomic E-state index is 11.5. The number of amides is 1. The third-order valence-electron chi connectivity index (χ3n) is 2.77. The van der Waals surface area contributed by atoms with Crippen molar-refractivity contribution in [1.82, 2.24) is 15.3 Å². The zero-order valence-corrected chi connectivity index (χ0v) is 11.8. The molecule has 0 saturated heterocycles. The van der Waals surface area contributed by atoms with E-state index >= 15 is 0 Å². The summed E-state index contributed by atoms with van der Waals surface area (Å²) in [6.07, 6.45) is 1.72. The van der Waals surface area contributed by atoms with Crippen LogP contribution in [0.1, 0.15) is 23.4 Å². The number of alkyl carbamates (subject to hydrolysis) is 1. The van der Waals surface area contributed by atoms with Gasteiger partial charge in [-0.25, -0.2) is 9.78 Å². The Labute approximate surface area is 123 Å². The molecule has 0 fully saturated rings. The number of hydrogen-bond donors (Lipinski definition) is 2. The van der Waals surface area contributed by atoms with E-state index in [1.54, 1.807) is 6.33 Å². The maximum Gasteiger partial charge on any atom is 0.407 e. The highest BCUT2D eigenvalue weighted by Gasteiger charge is 2.00. The number of imidazole rings is 1. The van der Waals surface area contributed by atoms with E-state index in [-0.39, 0.29) is 6.61 Å². The molecule has 0 aliphatic heterocycles. The third-order valence-corrected chi connectivity index (χ3v) is 2.77. The van der Waals surface area contributed by atoms with Gasteiger partial charge in [0.15, 0.2) is 0 Å². The summed E-state index contributed by atoms with van der Waals surface area (Å²) in [6, 6.07) is 9.55. The van der Waals surface area contributed by atoms with Gasteiger partial charge in [-0.1, -0.05) is 36.3 Å². The number of carbonyl (C=O) groups excluding carboxylic acids is 1. The lowest BCUT2D eigenvalue weighted by molar-refractivity contribution is 0.140. The summed E-state index contributed by atoms with van der Waals surface area (Å²) in [7, 11) is 0. The molecule has 108 valence electrons. The average molecular weight is 283 g/mol. The number of nitrogens with one attached hydrogen (secondary N) is 2. The van der Waals surface area contributed by atoms with Crippen LogP contribution in [0, 0.1) is 18.8 Å². The topological polar surface area (TPSA) is 67.0 Å². The Kier molecular flexibility index (Phi) is 5.41. The first-order valence-corrected chi connectivity index (χ1v) is 6.69. The quantitative estimate of drug-likeness (QED) is 0.669. The number of H-pyrrole nitrogens is 1. The Bertz CT molecular complexity index is 638. The number of carbonyl (C=O) groups is 1. The lowest BCUT2D eigenvalue weighted by Gasteiger charge is -2.05. The monoisotopic (exact) mass is 283 g/mol. The molecule has 0 aliphatic carbocycles. The lowest BCUT2D eigenvalue weighted by Crippen LogP contribution is -2.24. The van der Waals surface area contributed by atoms with Crippen molar-refractivity contribution in [1.29, 1.82) is 0 Å². The Balaban J connectivity index is 1.64. The van der Waals surface area contributed by atoms with Crippen molar-refractivity contribution in [2.75, 3.05) is 6.54 Å². The summed E-state index contributed by atoms with van der Waals surface area (Å²) in [5.41, 5.74) is 2.64. The van der Waals surface area contributed by atoms with Crippen molar-refractivity contribution < 1.29 is 9.53 Å². The van der Waals surface area contributed by atoms with Gasteiger partial charge in [0.1, 0.15) is 12.3 Å². The number of aryl methyl sites for hydroxylation is 1. The van der Waals surface area contributed by atoms with Crippen molar-refractivity contribution in [3.05, 3.63) is 53.6 Å². The van der Waals surface area contributed by atoms with Gasteiger partial charge in [0.2, 0.25) is 0 Å².